The first-order valence-corrected chi connectivity index (χ1v) is 10.4. The number of urea groups is 1. The van der Waals surface area contributed by atoms with Crippen LogP contribution in [0.2, 0.25) is 0 Å². The van der Waals surface area contributed by atoms with Crippen LogP contribution < -0.4 is 0 Å². The maximum atomic E-state index is 13.0. The van der Waals surface area contributed by atoms with Crippen LogP contribution in [-0.2, 0) is 9.47 Å². The molecule has 0 aliphatic carbocycles. The largest absolute Gasteiger partial charge is 0.453 e. The summed E-state index contributed by atoms with van der Waals surface area (Å²) in [5.41, 5.74) is -0.543. The molecule has 9 nitrogen and oxygen atoms in total. The van der Waals surface area contributed by atoms with Crippen molar-refractivity contribution in [2.75, 3.05) is 39.8 Å². The zero-order valence-corrected chi connectivity index (χ0v) is 18.4. The van der Waals surface area contributed by atoms with Gasteiger partial charge in [-0.2, -0.15) is 0 Å². The molecule has 3 rings (SSSR count). The van der Waals surface area contributed by atoms with E-state index in [1.54, 1.807) is 9.80 Å². The van der Waals surface area contributed by atoms with Crippen molar-refractivity contribution < 1.29 is 23.9 Å². The van der Waals surface area contributed by atoms with E-state index in [4.69, 9.17) is 9.47 Å². The van der Waals surface area contributed by atoms with Crippen LogP contribution in [0.3, 0.4) is 0 Å². The molecule has 0 radical (unpaired) electrons. The molecular weight excluding hydrogens is 376 g/mol. The van der Waals surface area contributed by atoms with E-state index in [2.05, 4.69) is 13.8 Å². The van der Waals surface area contributed by atoms with Crippen LogP contribution in [0, 0.1) is 5.92 Å². The second-order valence-corrected chi connectivity index (χ2v) is 9.53. The molecule has 9 heteroatoms. The molecule has 0 aromatic rings. The third-order valence-corrected chi connectivity index (χ3v) is 5.97. The van der Waals surface area contributed by atoms with E-state index in [9.17, 15) is 14.4 Å². The number of carbonyl (C=O) groups excluding carboxylic acids is 3. The lowest BCUT2D eigenvalue weighted by atomic mass is 10.0. The summed E-state index contributed by atoms with van der Waals surface area (Å²) in [5.74, 6) is 0.280. The number of fused-ring (bicyclic) bond motifs is 1. The highest BCUT2D eigenvalue weighted by Crippen LogP contribution is 2.32. The predicted octanol–water partition coefficient (Wildman–Crippen LogP) is 2.21. The summed E-state index contributed by atoms with van der Waals surface area (Å²) in [6.07, 6.45) is 0.0711. The number of hydrogen-bond donors (Lipinski definition) is 0. The van der Waals surface area contributed by atoms with Gasteiger partial charge in [0.25, 0.3) is 0 Å². The Morgan fingerprint density at radius 2 is 1.69 bits per heavy atom. The summed E-state index contributed by atoms with van der Waals surface area (Å²) < 4.78 is 10.4. The second kappa shape index (κ2) is 7.91. The van der Waals surface area contributed by atoms with Crippen molar-refractivity contribution in [1.29, 1.82) is 0 Å². The molecule has 3 fully saturated rings. The van der Waals surface area contributed by atoms with E-state index >= 15 is 0 Å². The molecule has 3 aliphatic rings. The van der Waals surface area contributed by atoms with Gasteiger partial charge in [-0.05, 0) is 33.1 Å². The molecule has 3 atom stereocenters. The number of amides is 4. The lowest BCUT2D eigenvalue weighted by Gasteiger charge is -2.37. The molecule has 0 spiro atoms. The first kappa shape index (κ1) is 21.5. The molecule has 0 bridgehead atoms. The first-order chi connectivity index (χ1) is 13.5. The fraction of sp³-hybridized carbons (Fsp3) is 0.850. The molecule has 164 valence electrons. The van der Waals surface area contributed by atoms with Gasteiger partial charge in [0, 0.05) is 38.8 Å². The minimum atomic E-state index is -0.543. The summed E-state index contributed by atoms with van der Waals surface area (Å²) in [5, 5.41) is 0. The van der Waals surface area contributed by atoms with E-state index in [0.29, 0.717) is 32.7 Å². The number of methoxy groups -OCH3 is 1. The van der Waals surface area contributed by atoms with Gasteiger partial charge in [-0.15, -0.1) is 0 Å². The SMILES string of the molecule is COC(=O)N1C[C@@H](N2C[C@@H]3CN(C(=O)OC(C)(C)C)CCN3C2=O)C[C@@H]1C(C)C. The summed E-state index contributed by atoms with van der Waals surface area (Å²) in [6, 6.07) is -0.0303. The van der Waals surface area contributed by atoms with Gasteiger partial charge in [-0.1, -0.05) is 13.8 Å². The molecule has 0 unspecified atom stereocenters. The zero-order valence-electron chi connectivity index (χ0n) is 18.4. The van der Waals surface area contributed by atoms with Crippen LogP contribution in [0.1, 0.15) is 41.0 Å². The van der Waals surface area contributed by atoms with Gasteiger partial charge in [-0.3, -0.25) is 0 Å². The fourth-order valence-corrected chi connectivity index (χ4v) is 4.56. The van der Waals surface area contributed by atoms with E-state index in [0.717, 1.165) is 6.42 Å². The average Bonchev–Trinajstić information content (AvgIpc) is 3.21. The maximum absolute atomic E-state index is 13.0. The molecule has 4 amide bonds. The van der Waals surface area contributed by atoms with Crippen molar-refractivity contribution in [1.82, 2.24) is 19.6 Å². The third-order valence-electron chi connectivity index (χ3n) is 5.97. The molecule has 0 aromatic carbocycles. The van der Waals surface area contributed by atoms with Gasteiger partial charge >= 0.3 is 18.2 Å². The summed E-state index contributed by atoms with van der Waals surface area (Å²) in [7, 11) is 1.39. The molecule has 0 N–H and O–H groups in total. The highest BCUT2D eigenvalue weighted by Gasteiger charge is 2.48. The minimum absolute atomic E-state index is 0.00180. The Bertz CT molecular complexity index is 662. The van der Waals surface area contributed by atoms with Gasteiger partial charge in [0.05, 0.1) is 19.2 Å². The smallest absolute Gasteiger partial charge is 0.410 e. The number of likely N-dealkylation sites (tertiary alicyclic amines) is 1. The lowest BCUT2D eigenvalue weighted by Crippen LogP contribution is -2.54. The fourth-order valence-electron chi connectivity index (χ4n) is 4.56. The van der Waals surface area contributed by atoms with Crippen LogP contribution in [0.4, 0.5) is 14.4 Å². The number of rotatable bonds is 2. The predicted molar refractivity (Wildman–Crippen MR) is 107 cm³/mol. The summed E-state index contributed by atoms with van der Waals surface area (Å²) >= 11 is 0. The number of piperazine rings is 1. The van der Waals surface area contributed by atoms with E-state index in [1.165, 1.54) is 7.11 Å². The van der Waals surface area contributed by atoms with E-state index in [-0.39, 0.29) is 42.3 Å². The van der Waals surface area contributed by atoms with Crippen LogP contribution in [0.5, 0.6) is 0 Å². The molecule has 3 aliphatic heterocycles. The summed E-state index contributed by atoms with van der Waals surface area (Å²) in [4.78, 5) is 44.8. The monoisotopic (exact) mass is 410 g/mol. The normalized spacial score (nSPS) is 27.6. The highest BCUT2D eigenvalue weighted by atomic mass is 16.6. The van der Waals surface area contributed by atoms with Crippen molar-refractivity contribution in [3.05, 3.63) is 0 Å². The van der Waals surface area contributed by atoms with E-state index < -0.39 is 5.60 Å². The number of carbonyl (C=O) groups is 3. The highest BCUT2D eigenvalue weighted by molar-refractivity contribution is 5.79. The Hall–Kier alpha value is -2.19. The van der Waals surface area contributed by atoms with Crippen LogP contribution in [0.25, 0.3) is 0 Å². The molecule has 0 saturated carbocycles. The van der Waals surface area contributed by atoms with Crippen molar-refractivity contribution in [2.24, 2.45) is 5.92 Å². The molecule has 3 heterocycles. The van der Waals surface area contributed by atoms with Gasteiger partial charge in [0.15, 0.2) is 0 Å². The average molecular weight is 411 g/mol. The maximum Gasteiger partial charge on any atom is 0.410 e. The number of nitrogens with zero attached hydrogens (tertiary/aromatic N) is 4. The Kier molecular flexibility index (Phi) is 5.87. The summed E-state index contributed by atoms with van der Waals surface area (Å²) in [6.45, 7) is 12.2. The Balaban J connectivity index is 1.66. The quantitative estimate of drug-likeness (QED) is 0.697. The third kappa shape index (κ3) is 4.38. The van der Waals surface area contributed by atoms with Crippen LogP contribution in [0.15, 0.2) is 0 Å². The Labute approximate surface area is 172 Å². The van der Waals surface area contributed by atoms with Crippen molar-refractivity contribution >= 4 is 18.2 Å². The molecule has 29 heavy (non-hydrogen) atoms. The van der Waals surface area contributed by atoms with Gasteiger partial charge in [0.1, 0.15) is 5.60 Å². The topological polar surface area (TPSA) is 82.6 Å². The van der Waals surface area contributed by atoms with Gasteiger partial charge in [-0.25, -0.2) is 14.4 Å². The molecular formula is C20H34N4O5. The first-order valence-electron chi connectivity index (χ1n) is 10.4. The lowest BCUT2D eigenvalue weighted by molar-refractivity contribution is 0.0127. The van der Waals surface area contributed by atoms with Crippen LogP contribution >= 0.6 is 0 Å². The van der Waals surface area contributed by atoms with Crippen molar-refractivity contribution in [2.45, 2.75) is 64.8 Å². The minimum Gasteiger partial charge on any atom is -0.453 e. The number of ether oxygens (including phenoxy) is 2. The molecule has 3 saturated heterocycles. The second-order valence-electron chi connectivity index (χ2n) is 9.53. The van der Waals surface area contributed by atoms with Gasteiger partial charge < -0.3 is 29.1 Å². The van der Waals surface area contributed by atoms with Crippen molar-refractivity contribution in [3.8, 4) is 0 Å². The van der Waals surface area contributed by atoms with Crippen molar-refractivity contribution in [3.63, 3.8) is 0 Å². The standard InChI is InChI=1S/C20H34N4O5/c1-13(2)16-9-14(11-24(16)19(27)28-6)23-12-15-10-21(7-8-22(15)17(23)25)18(26)29-20(3,4)5/h13-16H,7-12H2,1-6H3/t14-,15-,16+/m0/s1. The molecule has 0 aromatic heterocycles. The van der Waals surface area contributed by atoms with E-state index in [1.807, 2.05) is 30.6 Å². The Morgan fingerprint density at radius 1 is 1.00 bits per heavy atom. The van der Waals surface area contributed by atoms with Crippen LogP contribution in [-0.4, -0.2) is 101 Å². The van der Waals surface area contributed by atoms with Gasteiger partial charge in [0.2, 0.25) is 0 Å². The zero-order chi connectivity index (χ0) is 21.5. The number of hydrogen-bond acceptors (Lipinski definition) is 5. The Morgan fingerprint density at radius 3 is 2.28 bits per heavy atom.